The Morgan fingerprint density at radius 2 is 1.80 bits per heavy atom. The van der Waals surface area contributed by atoms with Crippen LogP contribution in [0, 0.1) is 11.6 Å². The predicted octanol–water partition coefficient (Wildman–Crippen LogP) is 0.772. The predicted molar refractivity (Wildman–Crippen MR) is 68.4 cm³/mol. The van der Waals surface area contributed by atoms with Gasteiger partial charge in [0.25, 0.3) is 0 Å². The van der Waals surface area contributed by atoms with Gasteiger partial charge in [-0.05, 0) is 12.1 Å². The summed E-state index contributed by atoms with van der Waals surface area (Å²) >= 11 is 0. The minimum atomic E-state index is -4.12. The van der Waals surface area contributed by atoms with Gasteiger partial charge in [0.2, 0.25) is 10.0 Å². The summed E-state index contributed by atoms with van der Waals surface area (Å²) in [6.45, 7) is 1.08. The lowest BCUT2D eigenvalue weighted by atomic mass is 10.3. The normalized spacial score (nSPS) is 17.9. The summed E-state index contributed by atoms with van der Waals surface area (Å²) in [7, 11) is -7.44. The van der Waals surface area contributed by atoms with Crippen molar-refractivity contribution in [3.63, 3.8) is 0 Å². The number of benzene rings is 1. The van der Waals surface area contributed by atoms with Gasteiger partial charge in [-0.25, -0.2) is 25.6 Å². The second kappa shape index (κ2) is 5.05. The summed E-state index contributed by atoms with van der Waals surface area (Å²) in [6.07, 6.45) is 0. The highest BCUT2D eigenvalue weighted by Gasteiger charge is 2.43. The van der Waals surface area contributed by atoms with Crippen molar-refractivity contribution in [1.29, 1.82) is 0 Å². The number of hydrogen-bond acceptors (Lipinski definition) is 4. The zero-order chi connectivity index (χ0) is 15.1. The zero-order valence-electron chi connectivity index (χ0n) is 10.6. The number of sulfonamides is 1. The summed E-state index contributed by atoms with van der Waals surface area (Å²) in [4.78, 5) is -0.647. The van der Waals surface area contributed by atoms with Crippen molar-refractivity contribution in [2.75, 3.05) is 18.8 Å². The molecular weight excluding hydrogens is 312 g/mol. The molecule has 0 radical (unpaired) electrons. The zero-order valence-corrected chi connectivity index (χ0v) is 12.2. The maximum Gasteiger partial charge on any atom is 0.246 e. The van der Waals surface area contributed by atoms with Crippen LogP contribution in [0.2, 0.25) is 0 Å². The van der Waals surface area contributed by atoms with Crippen LogP contribution in [-0.4, -0.2) is 45.2 Å². The Balaban J connectivity index is 2.23. The van der Waals surface area contributed by atoms with Gasteiger partial charge in [0.05, 0.1) is 5.25 Å². The molecular formula is C11H13F2NO4S2. The highest BCUT2D eigenvalue weighted by molar-refractivity contribution is 7.92. The molecule has 0 saturated carbocycles. The molecule has 1 aliphatic heterocycles. The van der Waals surface area contributed by atoms with Crippen molar-refractivity contribution in [2.24, 2.45) is 0 Å². The van der Waals surface area contributed by atoms with Gasteiger partial charge in [0.15, 0.2) is 9.84 Å². The van der Waals surface area contributed by atoms with Crippen molar-refractivity contribution in [3.05, 3.63) is 29.8 Å². The second-order valence-electron chi connectivity index (χ2n) is 4.47. The van der Waals surface area contributed by atoms with Crippen LogP contribution in [0.5, 0.6) is 0 Å². The molecule has 1 heterocycles. The van der Waals surface area contributed by atoms with Crippen molar-refractivity contribution in [2.45, 2.75) is 17.1 Å². The second-order valence-corrected chi connectivity index (χ2v) is 8.95. The molecule has 20 heavy (non-hydrogen) atoms. The Labute approximate surface area is 116 Å². The Morgan fingerprint density at radius 1 is 1.20 bits per heavy atom. The molecule has 2 rings (SSSR count). The van der Waals surface area contributed by atoms with Crippen LogP contribution in [-0.2, 0) is 19.9 Å². The first-order valence-corrected chi connectivity index (χ1v) is 9.01. The smallest absolute Gasteiger partial charge is 0.228 e. The Kier molecular flexibility index (Phi) is 3.87. The fourth-order valence-electron chi connectivity index (χ4n) is 1.88. The van der Waals surface area contributed by atoms with E-state index in [9.17, 15) is 25.6 Å². The van der Waals surface area contributed by atoms with Gasteiger partial charge in [-0.15, -0.1) is 0 Å². The molecule has 0 amide bonds. The van der Waals surface area contributed by atoms with E-state index in [4.69, 9.17) is 0 Å². The molecule has 0 spiro atoms. The van der Waals surface area contributed by atoms with E-state index >= 15 is 0 Å². The molecule has 0 atom stereocenters. The molecule has 0 unspecified atom stereocenters. The van der Waals surface area contributed by atoms with E-state index in [1.807, 2.05) is 0 Å². The minimum absolute atomic E-state index is 0.0730. The van der Waals surface area contributed by atoms with Gasteiger partial charge in [-0.2, -0.15) is 4.31 Å². The third-order valence-electron chi connectivity index (χ3n) is 3.24. The molecule has 1 fully saturated rings. The Morgan fingerprint density at radius 3 is 2.30 bits per heavy atom. The van der Waals surface area contributed by atoms with Crippen LogP contribution < -0.4 is 0 Å². The molecule has 0 bridgehead atoms. The number of nitrogens with zero attached hydrogens (tertiary/aromatic N) is 1. The molecule has 0 N–H and O–H groups in total. The van der Waals surface area contributed by atoms with Crippen LogP contribution in [0.25, 0.3) is 0 Å². The van der Waals surface area contributed by atoms with Gasteiger partial charge in [0.1, 0.15) is 16.5 Å². The van der Waals surface area contributed by atoms with Gasteiger partial charge >= 0.3 is 0 Å². The lowest BCUT2D eigenvalue weighted by Gasteiger charge is -2.37. The van der Waals surface area contributed by atoms with E-state index in [0.29, 0.717) is 6.07 Å². The largest absolute Gasteiger partial charge is 0.246 e. The SMILES string of the molecule is CCS(=O)(=O)C1CN(S(=O)(=O)c2ccc(F)cc2F)C1. The van der Waals surface area contributed by atoms with Crippen molar-refractivity contribution >= 4 is 19.9 Å². The number of rotatable bonds is 4. The van der Waals surface area contributed by atoms with Gasteiger partial charge in [-0.1, -0.05) is 6.92 Å². The molecule has 9 heteroatoms. The molecule has 112 valence electrons. The van der Waals surface area contributed by atoms with Crippen molar-refractivity contribution < 1.29 is 25.6 Å². The van der Waals surface area contributed by atoms with Gasteiger partial charge < -0.3 is 0 Å². The lowest BCUT2D eigenvalue weighted by Crippen LogP contribution is -2.57. The van der Waals surface area contributed by atoms with Crippen LogP contribution in [0.15, 0.2) is 23.1 Å². The highest BCUT2D eigenvalue weighted by Crippen LogP contribution is 2.27. The number of halogens is 2. The molecule has 0 aromatic heterocycles. The summed E-state index contributed by atoms with van der Waals surface area (Å²) < 4.78 is 74.4. The first-order valence-electron chi connectivity index (χ1n) is 5.85. The van der Waals surface area contributed by atoms with E-state index in [1.54, 1.807) is 0 Å². The highest BCUT2D eigenvalue weighted by atomic mass is 32.2. The number of sulfone groups is 1. The first-order chi connectivity index (χ1) is 9.18. The summed E-state index contributed by atoms with van der Waals surface area (Å²) in [5, 5.41) is -0.759. The van der Waals surface area contributed by atoms with Crippen LogP contribution in [0.4, 0.5) is 8.78 Å². The standard InChI is InChI=1S/C11H13F2NO4S2/c1-2-19(15,16)9-6-14(7-9)20(17,18)11-4-3-8(12)5-10(11)13/h3-5,9H,2,6-7H2,1H3. The van der Waals surface area contributed by atoms with E-state index in [-0.39, 0.29) is 18.8 Å². The third-order valence-corrected chi connectivity index (χ3v) is 7.22. The summed E-state index contributed by atoms with van der Waals surface area (Å²) in [5.41, 5.74) is 0. The molecule has 1 aromatic rings. The van der Waals surface area contributed by atoms with Crippen molar-refractivity contribution in [1.82, 2.24) is 4.31 Å². The van der Waals surface area contributed by atoms with Crippen LogP contribution in [0.1, 0.15) is 6.92 Å². The Hall–Kier alpha value is -1.06. The average molecular weight is 325 g/mol. The van der Waals surface area contributed by atoms with E-state index in [2.05, 4.69) is 0 Å². The van der Waals surface area contributed by atoms with Crippen LogP contribution >= 0.6 is 0 Å². The van der Waals surface area contributed by atoms with Crippen molar-refractivity contribution in [3.8, 4) is 0 Å². The maximum absolute atomic E-state index is 13.5. The molecule has 1 saturated heterocycles. The maximum atomic E-state index is 13.5. The summed E-state index contributed by atoms with van der Waals surface area (Å²) in [6, 6.07) is 2.16. The molecule has 0 aliphatic carbocycles. The van der Waals surface area contributed by atoms with E-state index in [1.165, 1.54) is 6.92 Å². The molecule has 1 aliphatic rings. The molecule has 1 aromatic carbocycles. The minimum Gasteiger partial charge on any atom is -0.228 e. The van der Waals surface area contributed by atoms with Gasteiger partial charge in [-0.3, -0.25) is 0 Å². The van der Waals surface area contributed by atoms with E-state index < -0.39 is 41.6 Å². The summed E-state index contributed by atoms with van der Waals surface area (Å²) in [5.74, 6) is -2.14. The van der Waals surface area contributed by atoms with Gasteiger partial charge in [0, 0.05) is 24.9 Å². The quantitative estimate of drug-likeness (QED) is 0.820. The Bertz CT molecular complexity index is 725. The monoisotopic (exact) mass is 325 g/mol. The fraction of sp³-hybridized carbons (Fsp3) is 0.455. The third kappa shape index (κ3) is 2.57. The van der Waals surface area contributed by atoms with E-state index in [0.717, 1.165) is 16.4 Å². The molecule has 5 nitrogen and oxygen atoms in total. The lowest BCUT2D eigenvalue weighted by molar-refractivity contribution is 0.308. The van der Waals surface area contributed by atoms with Crippen LogP contribution in [0.3, 0.4) is 0 Å². The average Bonchev–Trinajstić information content (AvgIpc) is 2.25. The number of hydrogen-bond donors (Lipinski definition) is 0. The first kappa shape index (κ1) is 15.3. The topological polar surface area (TPSA) is 71.5 Å². The fourth-order valence-corrected chi connectivity index (χ4v) is 4.93.